The van der Waals surface area contributed by atoms with Crippen molar-refractivity contribution in [2.75, 3.05) is 0 Å². The molecule has 0 aliphatic rings. The Kier molecular flexibility index (Phi) is 4.71. The van der Waals surface area contributed by atoms with E-state index in [1.54, 1.807) is 36.4 Å². The SMILES string of the molecule is O=C(NS(=O)(=O)/C=C/c1ccccc1)c1cn(-c2ccccc2)nn1. The molecule has 3 rings (SSSR count). The predicted octanol–water partition coefficient (Wildman–Crippen LogP) is 2.00. The van der Waals surface area contributed by atoms with Crippen LogP contribution in [-0.4, -0.2) is 29.3 Å². The van der Waals surface area contributed by atoms with Crippen LogP contribution in [0, 0.1) is 0 Å². The van der Waals surface area contributed by atoms with Crippen molar-refractivity contribution < 1.29 is 13.2 Å². The number of nitrogens with zero attached hydrogens (tertiary/aromatic N) is 3. The average Bonchev–Trinajstić information content (AvgIpc) is 3.12. The maximum Gasteiger partial charge on any atom is 0.287 e. The maximum absolute atomic E-state index is 12.1. The highest BCUT2D eigenvalue weighted by Gasteiger charge is 2.17. The lowest BCUT2D eigenvalue weighted by molar-refractivity contribution is 0.0977. The van der Waals surface area contributed by atoms with Gasteiger partial charge in [-0.25, -0.2) is 17.8 Å². The second kappa shape index (κ2) is 7.10. The van der Waals surface area contributed by atoms with E-state index in [1.807, 2.05) is 29.0 Å². The number of rotatable bonds is 5. The molecular formula is C17H14N4O3S. The standard InChI is InChI=1S/C17H14N4O3S/c22-17(16-13-21(20-18-16)15-9-5-2-6-10-15)19-25(23,24)12-11-14-7-3-1-4-8-14/h1-13H,(H,19,22)/b12-11+. The van der Waals surface area contributed by atoms with Crippen LogP contribution in [0.2, 0.25) is 0 Å². The molecule has 0 radical (unpaired) electrons. The van der Waals surface area contributed by atoms with E-state index >= 15 is 0 Å². The highest BCUT2D eigenvalue weighted by molar-refractivity contribution is 7.93. The number of nitrogens with one attached hydrogen (secondary N) is 1. The van der Waals surface area contributed by atoms with Gasteiger partial charge in [0, 0.05) is 0 Å². The normalized spacial score (nSPS) is 11.5. The lowest BCUT2D eigenvalue weighted by Crippen LogP contribution is -2.29. The molecule has 0 saturated carbocycles. The number of amides is 1. The van der Waals surface area contributed by atoms with Gasteiger partial charge in [0.2, 0.25) is 0 Å². The van der Waals surface area contributed by atoms with E-state index in [4.69, 9.17) is 0 Å². The lowest BCUT2D eigenvalue weighted by atomic mass is 10.2. The fourth-order valence-corrected chi connectivity index (χ4v) is 2.79. The molecule has 1 amide bonds. The molecule has 1 heterocycles. The third-order valence-electron chi connectivity index (χ3n) is 3.22. The molecule has 0 spiro atoms. The molecule has 0 bridgehead atoms. The number of hydrogen-bond acceptors (Lipinski definition) is 5. The summed E-state index contributed by atoms with van der Waals surface area (Å²) in [5, 5.41) is 8.46. The third kappa shape index (κ3) is 4.39. The van der Waals surface area contributed by atoms with Gasteiger partial charge in [-0.2, -0.15) is 0 Å². The van der Waals surface area contributed by atoms with Gasteiger partial charge in [0.25, 0.3) is 15.9 Å². The summed E-state index contributed by atoms with van der Waals surface area (Å²) in [6.07, 6.45) is 2.76. The van der Waals surface area contributed by atoms with Gasteiger partial charge >= 0.3 is 0 Å². The van der Waals surface area contributed by atoms with Crippen molar-refractivity contribution >= 4 is 22.0 Å². The Labute approximate surface area is 144 Å². The molecule has 0 atom stereocenters. The zero-order valence-corrected chi connectivity index (χ0v) is 13.8. The van der Waals surface area contributed by atoms with E-state index in [1.165, 1.54) is 17.0 Å². The number of para-hydroxylation sites is 1. The maximum atomic E-state index is 12.1. The Morgan fingerprint density at radius 1 is 1.00 bits per heavy atom. The van der Waals surface area contributed by atoms with Crippen molar-refractivity contribution in [1.29, 1.82) is 0 Å². The first-order valence-electron chi connectivity index (χ1n) is 7.31. The van der Waals surface area contributed by atoms with Crippen LogP contribution in [-0.2, 0) is 10.0 Å². The summed E-state index contributed by atoms with van der Waals surface area (Å²) in [6, 6.07) is 17.9. The Hall–Kier alpha value is -3.26. The predicted molar refractivity (Wildman–Crippen MR) is 93.2 cm³/mol. The fraction of sp³-hybridized carbons (Fsp3) is 0. The van der Waals surface area contributed by atoms with Gasteiger partial charge in [-0.05, 0) is 23.8 Å². The molecule has 0 unspecified atom stereocenters. The molecule has 0 saturated heterocycles. The van der Waals surface area contributed by atoms with Crippen molar-refractivity contribution in [2.24, 2.45) is 0 Å². The topological polar surface area (TPSA) is 94.0 Å². The largest absolute Gasteiger partial charge is 0.287 e. The highest BCUT2D eigenvalue weighted by atomic mass is 32.2. The summed E-state index contributed by atoms with van der Waals surface area (Å²) in [5.74, 6) is -0.847. The van der Waals surface area contributed by atoms with E-state index in [0.29, 0.717) is 11.3 Å². The van der Waals surface area contributed by atoms with Crippen LogP contribution in [0.25, 0.3) is 11.8 Å². The van der Waals surface area contributed by atoms with Gasteiger partial charge in [0.05, 0.1) is 17.3 Å². The second-order valence-electron chi connectivity index (χ2n) is 5.07. The highest BCUT2D eigenvalue weighted by Crippen LogP contribution is 2.07. The summed E-state index contributed by atoms with van der Waals surface area (Å²) in [4.78, 5) is 12.1. The average molecular weight is 354 g/mol. The van der Waals surface area contributed by atoms with Crippen molar-refractivity contribution in [3.05, 3.63) is 83.5 Å². The van der Waals surface area contributed by atoms with Crippen molar-refractivity contribution in [3.8, 4) is 5.69 Å². The molecule has 8 heteroatoms. The molecule has 0 aliphatic carbocycles. The van der Waals surface area contributed by atoms with Crippen LogP contribution in [0.4, 0.5) is 0 Å². The molecule has 1 N–H and O–H groups in total. The smallest absolute Gasteiger partial charge is 0.266 e. The monoisotopic (exact) mass is 354 g/mol. The van der Waals surface area contributed by atoms with Gasteiger partial charge in [-0.15, -0.1) is 5.10 Å². The zero-order chi connectivity index (χ0) is 17.7. The quantitative estimate of drug-likeness (QED) is 0.756. The molecule has 3 aromatic rings. The van der Waals surface area contributed by atoms with Crippen LogP contribution < -0.4 is 4.72 Å². The number of carbonyl (C=O) groups excluding carboxylic acids is 1. The summed E-state index contributed by atoms with van der Waals surface area (Å²) in [7, 11) is -3.94. The minimum absolute atomic E-state index is 0.0967. The van der Waals surface area contributed by atoms with E-state index in [2.05, 4.69) is 10.3 Å². The second-order valence-corrected chi connectivity index (χ2v) is 6.64. The summed E-state index contributed by atoms with van der Waals surface area (Å²) < 4.78 is 27.3. The van der Waals surface area contributed by atoms with Crippen LogP contribution in [0.15, 0.2) is 72.3 Å². The molecule has 126 valence electrons. The summed E-state index contributed by atoms with van der Waals surface area (Å²) in [6.45, 7) is 0. The van der Waals surface area contributed by atoms with Crippen LogP contribution in [0.3, 0.4) is 0 Å². The first-order valence-corrected chi connectivity index (χ1v) is 8.86. The van der Waals surface area contributed by atoms with Crippen LogP contribution in [0.1, 0.15) is 16.1 Å². The number of carbonyl (C=O) groups is 1. The fourth-order valence-electron chi connectivity index (χ4n) is 2.02. The Balaban J connectivity index is 1.71. The molecule has 2 aromatic carbocycles. The Bertz CT molecular complexity index is 997. The first-order chi connectivity index (χ1) is 12.0. The molecule has 25 heavy (non-hydrogen) atoms. The van der Waals surface area contributed by atoms with Gasteiger partial charge in [0.1, 0.15) is 0 Å². The number of aromatic nitrogens is 3. The van der Waals surface area contributed by atoms with Crippen LogP contribution >= 0.6 is 0 Å². The number of benzene rings is 2. The zero-order valence-electron chi connectivity index (χ0n) is 13.0. The third-order valence-corrected chi connectivity index (χ3v) is 4.19. The molecule has 0 aliphatic heterocycles. The summed E-state index contributed by atoms with van der Waals surface area (Å²) >= 11 is 0. The van der Waals surface area contributed by atoms with Crippen molar-refractivity contribution in [1.82, 2.24) is 19.7 Å². The van der Waals surface area contributed by atoms with Gasteiger partial charge in [-0.3, -0.25) is 4.79 Å². The Morgan fingerprint density at radius 3 is 2.32 bits per heavy atom. The minimum Gasteiger partial charge on any atom is -0.266 e. The lowest BCUT2D eigenvalue weighted by Gasteiger charge is -2.00. The number of hydrogen-bond donors (Lipinski definition) is 1. The molecule has 1 aromatic heterocycles. The van der Waals surface area contributed by atoms with E-state index < -0.39 is 15.9 Å². The molecule has 0 fully saturated rings. The van der Waals surface area contributed by atoms with Gasteiger partial charge in [0.15, 0.2) is 5.69 Å². The minimum atomic E-state index is -3.94. The van der Waals surface area contributed by atoms with E-state index in [-0.39, 0.29) is 5.69 Å². The molecule has 7 nitrogen and oxygen atoms in total. The summed E-state index contributed by atoms with van der Waals surface area (Å²) in [5.41, 5.74) is 1.32. The van der Waals surface area contributed by atoms with Gasteiger partial charge < -0.3 is 0 Å². The first kappa shape index (κ1) is 16.6. The molecular weight excluding hydrogens is 340 g/mol. The van der Waals surface area contributed by atoms with Crippen molar-refractivity contribution in [3.63, 3.8) is 0 Å². The van der Waals surface area contributed by atoms with Crippen LogP contribution in [0.5, 0.6) is 0 Å². The Morgan fingerprint density at radius 2 is 1.64 bits per heavy atom. The van der Waals surface area contributed by atoms with E-state index in [0.717, 1.165) is 5.41 Å². The number of sulfonamides is 1. The van der Waals surface area contributed by atoms with E-state index in [9.17, 15) is 13.2 Å². The van der Waals surface area contributed by atoms with Gasteiger partial charge in [-0.1, -0.05) is 53.7 Å². The van der Waals surface area contributed by atoms with Crippen molar-refractivity contribution in [2.45, 2.75) is 0 Å².